The average Bonchev–Trinajstić information content (AvgIpc) is 2.31. The van der Waals surface area contributed by atoms with E-state index in [2.05, 4.69) is 5.32 Å². The molecule has 0 aliphatic carbocycles. The van der Waals surface area contributed by atoms with Crippen LogP contribution in [0.15, 0.2) is 18.2 Å². The van der Waals surface area contributed by atoms with Gasteiger partial charge in [0.15, 0.2) is 0 Å². The Morgan fingerprint density at radius 3 is 2.71 bits per heavy atom. The van der Waals surface area contributed by atoms with Gasteiger partial charge in [0.2, 0.25) is 0 Å². The Kier molecular flexibility index (Phi) is 4.69. The topological polar surface area (TPSA) is 21.3 Å². The minimum atomic E-state index is 0.0115. The predicted octanol–water partition coefficient (Wildman–Crippen LogP) is 3.68. The summed E-state index contributed by atoms with van der Waals surface area (Å²) >= 11 is 12.5. The Morgan fingerprint density at radius 1 is 1.35 bits per heavy atom. The van der Waals surface area contributed by atoms with E-state index in [0.717, 1.165) is 31.6 Å². The van der Waals surface area contributed by atoms with E-state index < -0.39 is 0 Å². The van der Waals surface area contributed by atoms with Crippen LogP contribution in [0.1, 0.15) is 24.5 Å². The molecule has 1 aromatic carbocycles. The van der Waals surface area contributed by atoms with Crippen LogP contribution in [0.5, 0.6) is 0 Å². The van der Waals surface area contributed by atoms with Gasteiger partial charge in [-0.1, -0.05) is 29.3 Å². The van der Waals surface area contributed by atoms with Gasteiger partial charge in [0, 0.05) is 34.7 Å². The number of hydrogen-bond donors (Lipinski definition) is 1. The van der Waals surface area contributed by atoms with Crippen LogP contribution in [0.25, 0.3) is 0 Å². The fourth-order valence-electron chi connectivity index (χ4n) is 2.42. The Hall–Kier alpha value is -0.280. The van der Waals surface area contributed by atoms with Crippen LogP contribution in [0.2, 0.25) is 10.0 Å². The summed E-state index contributed by atoms with van der Waals surface area (Å²) in [6.07, 6.45) is 2.26. The Morgan fingerprint density at radius 2 is 2.06 bits per heavy atom. The zero-order valence-electron chi connectivity index (χ0n) is 9.88. The fourth-order valence-corrected chi connectivity index (χ4v) is 3.03. The van der Waals surface area contributed by atoms with Crippen LogP contribution in [0.3, 0.4) is 0 Å². The van der Waals surface area contributed by atoms with Crippen molar-refractivity contribution in [2.75, 3.05) is 20.2 Å². The van der Waals surface area contributed by atoms with Crippen molar-refractivity contribution in [1.82, 2.24) is 5.32 Å². The number of halogens is 2. The molecular weight excluding hydrogens is 257 g/mol. The molecule has 0 bridgehead atoms. The number of rotatable bonds is 3. The first-order valence-corrected chi connectivity index (χ1v) is 6.69. The van der Waals surface area contributed by atoms with Gasteiger partial charge >= 0.3 is 0 Å². The van der Waals surface area contributed by atoms with E-state index in [0.29, 0.717) is 16.0 Å². The van der Waals surface area contributed by atoms with Crippen molar-refractivity contribution < 1.29 is 4.74 Å². The third-order valence-corrected chi connectivity index (χ3v) is 3.85. The molecule has 1 saturated heterocycles. The largest absolute Gasteiger partial charge is 0.373 e. The molecule has 2 rings (SSSR count). The van der Waals surface area contributed by atoms with Gasteiger partial charge < -0.3 is 10.1 Å². The van der Waals surface area contributed by atoms with Crippen LogP contribution in [-0.2, 0) is 4.74 Å². The van der Waals surface area contributed by atoms with Crippen LogP contribution in [0, 0.1) is 5.92 Å². The van der Waals surface area contributed by atoms with Crippen LogP contribution in [0.4, 0.5) is 0 Å². The van der Waals surface area contributed by atoms with E-state index in [1.54, 1.807) is 0 Å². The molecule has 94 valence electrons. The summed E-state index contributed by atoms with van der Waals surface area (Å²) in [5.74, 6) is 0.436. The van der Waals surface area contributed by atoms with Crippen molar-refractivity contribution in [3.63, 3.8) is 0 Å². The van der Waals surface area contributed by atoms with Crippen LogP contribution in [-0.4, -0.2) is 20.2 Å². The molecule has 0 amide bonds. The predicted molar refractivity (Wildman–Crippen MR) is 71.8 cm³/mol. The summed E-state index contributed by atoms with van der Waals surface area (Å²) in [5.41, 5.74) is 0.941. The normalized spacial score (nSPS) is 24.9. The quantitative estimate of drug-likeness (QED) is 0.907. The summed E-state index contributed by atoms with van der Waals surface area (Å²) in [6, 6.07) is 5.61. The molecule has 1 aliphatic heterocycles. The highest BCUT2D eigenvalue weighted by Crippen LogP contribution is 2.40. The van der Waals surface area contributed by atoms with Gasteiger partial charge in [-0.2, -0.15) is 0 Å². The maximum atomic E-state index is 6.24. The lowest BCUT2D eigenvalue weighted by Gasteiger charge is -2.33. The van der Waals surface area contributed by atoms with E-state index in [4.69, 9.17) is 27.9 Å². The lowest BCUT2D eigenvalue weighted by Crippen LogP contribution is -2.30. The van der Waals surface area contributed by atoms with Crippen molar-refractivity contribution in [3.05, 3.63) is 33.8 Å². The Bertz CT molecular complexity index is 361. The standard InChI is InChI=1S/C13H17Cl2NO/c1-16-8-9-4-3-7-17-13(9)12-10(14)5-2-6-11(12)15/h2,5-6,9,13,16H,3-4,7-8H2,1H3. The minimum absolute atomic E-state index is 0.0115. The maximum absolute atomic E-state index is 6.24. The first-order valence-electron chi connectivity index (χ1n) is 5.94. The van der Waals surface area contributed by atoms with E-state index in [9.17, 15) is 0 Å². The van der Waals surface area contributed by atoms with E-state index >= 15 is 0 Å². The van der Waals surface area contributed by atoms with Gasteiger partial charge in [-0.15, -0.1) is 0 Å². The highest BCUT2D eigenvalue weighted by molar-refractivity contribution is 6.36. The fraction of sp³-hybridized carbons (Fsp3) is 0.538. The first-order chi connectivity index (χ1) is 8.24. The molecule has 2 nitrogen and oxygen atoms in total. The van der Waals surface area contributed by atoms with E-state index in [1.165, 1.54) is 0 Å². The van der Waals surface area contributed by atoms with Gasteiger partial charge in [0.05, 0.1) is 6.10 Å². The van der Waals surface area contributed by atoms with E-state index in [-0.39, 0.29) is 6.10 Å². The van der Waals surface area contributed by atoms with Crippen molar-refractivity contribution in [2.45, 2.75) is 18.9 Å². The second-order valence-electron chi connectivity index (χ2n) is 4.39. The van der Waals surface area contributed by atoms with Gasteiger partial charge in [-0.05, 0) is 32.0 Å². The highest BCUT2D eigenvalue weighted by atomic mass is 35.5. The van der Waals surface area contributed by atoms with Crippen LogP contribution < -0.4 is 5.32 Å². The third-order valence-electron chi connectivity index (χ3n) is 3.20. The van der Waals surface area contributed by atoms with Crippen molar-refractivity contribution in [1.29, 1.82) is 0 Å². The number of nitrogens with one attached hydrogen (secondary N) is 1. The molecule has 2 unspecified atom stereocenters. The summed E-state index contributed by atoms with van der Waals surface area (Å²) < 4.78 is 5.88. The van der Waals surface area contributed by atoms with Crippen LogP contribution >= 0.6 is 23.2 Å². The van der Waals surface area contributed by atoms with Crippen molar-refractivity contribution >= 4 is 23.2 Å². The highest BCUT2D eigenvalue weighted by Gasteiger charge is 2.29. The van der Waals surface area contributed by atoms with Crippen molar-refractivity contribution in [3.8, 4) is 0 Å². The molecule has 17 heavy (non-hydrogen) atoms. The SMILES string of the molecule is CNCC1CCCOC1c1c(Cl)cccc1Cl. The zero-order chi connectivity index (χ0) is 12.3. The Balaban J connectivity index is 2.29. The van der Waals surface area contributed by atoms with E-state index in [1.807, 2.05) is 25.2 Å². The molecule has 1 aliphatic rings. The summed E-state index contributed by atoms with van der Waals surface area (Å²) in [6.45, 7) is 1.71. The monoisotopic (exact) mass is 273 g/mol. The summed E-state index contributed by atoms with van der Waals surface area (Å²) in [4.78, 5) is 0. The molecule has 1 N–H and O–H groups in total. The number of ether oxygens (including phenoxy) is 1. The summed E-state index contributed by atoms with van der Waals surface area (Å²) in [7, 11) is 1.96. The van der Waals surface area contributed by atoms with Gasteiger partial charge in [0.1, 0.15) is 0 Å². The van der Waals surface area contributed by atoms with Gasteiger partial charge in [-0.3, -0.25) is 0 Å². The van der Waals surface area contributed by atoms with Crippen molar-refractivity contribution in [2.24, 2.45) is 5.92 Å². The molecule has 1 fully saturated rings. The second-order valence-corrected chi connectivity index (χ2v) is 5.20. The first kappa shape index (κ1) is 13.2. The average molecular weight is 274 g/mol. The molecule has 2 atom stereocenters. The molecule has 0 saturated carbocycles. The molecule has 1 heterocycles. The molecular formula is C13H17Cl2NO. The molecule has 4 heteroatoms. The van der Waals surface area contributed by atoms with Gasteiger partial charge in [-0.25, -0.2) is 0 Å². The Labute approximate surface area is 112 Å². The zero-order valence-corrected chi connectivity index (χ0v) is 11.4. The lowest BCUT2D eigenvalue weighted by atomic mass is 9.89. The molecule has 0 aromatic heterocycles. The molecule has 0 spiro atoms. The smallest absolute Gasteiger partial charge is 0.0894 e. The number of benzene rings is 1. The lowest BCUT2D eigenvalue weighted by molar-refractivity contribution is -0.0271. The number of hydrogen-bond acceptors (Lipinski definition) is 2. The third kappa shape index (κ3) is 2.94. The maximum Gasteiger partial charge on any atom is 0.0894 e. The second kappa shape index (κ2) is 6.05. The molecule has 1 aromatic rings. The van der Waals surface area contributed by atoms with Gasteiger partial charge in [0.25, 0.3) is 0 Å². The summed E-state index contributed by atoms with van der Waals surface area (Å²) in [5, 5.41) is 4.61. The molecule has 0 radical (unpaired) electrons. The minimum Gasteiger partial charge on any atom is -0.373 e.